The number of thiazole rings is 1. The van der Waals surface area contributed by atoms with Gasteiger partial charge in [0.05, 0.1) is 19.3 Å². The molecule has 96 valence electrons. The molecule has 0 aliphatic carbocycles. The summed E-state index contributed by atoms with van der Waals surface area (Å²) in [6.07, 6.45) is 3.99. The second kappa shape index (κ2) is 6.27. The van der Waals surface area contributed by atoms with Gasteiger partial charge in [0, 0.05) is 17.6 Å². The third kappa shape index (κ3) is 3.38. The van der Waals surface area contributed by atoms with Crippen LogP contribution in [0.25, 0.3) is 0 Å². The zero-order valence-corrected chi connectivity index (χ0v) is 10.6. The van der Waals surface area contributed by atoms with Crippen LogP contribution < -0.4 is 16.0 Å². The third-order valence-corrected chi connectivity index (χ3v) is 2.99. The van der Waals surface area contributed by atoms with Gasteiger partial charge in [-0.1, -0.05) is 0 Å². The molecule has 0 saturated carbocycles. The Morgan fingerprint density at radius 2 is 2.39 bits per heavy atom. The first-order valence-corrected chi connectivity index (χ1v) is 6.46. The molecule has 2 aromatic rings. The fourth-order valence-electron chi connectivity index (χ4n) is 1.35. The van der Waals surface area contributed by atoms with Crippen molar-refractivity contribution < 1.29 is 4.74 Å². The minimum atomic E-state index is -0.199. The molecule has 0 spiro atoms. The Bertz CT molecular complexity index is 538. The maximum atomic E-state index is 11.8. The highest BCUT2D eigenvalue weighted by Gasteiger charge is 2.03. The molecule has 0 unspecified atom stereocenters. The predicted molar refractivity (Wildman–Crippen MR) is 68.9 cm³/mol. The van der Waals surface area contributed by atoms with Crippen molar-refractivity contribution in [3.8, 4) is 5.75 Å². The monoisotopic (exact) mass is 266 g/mol. The van der Waals surface area contributed by atoms with Crippen LogP contribution in [0.15, 0.2) is 28.6 Å². The number of hydrogen-bond donors (Lipinski definition) is 1. The van der Waals surface area contributed by atoms with Crippen LogP contribution in [0.1, 0.15) is 11.4 Å². The lowest BCUT2D eigenvalue weighted by molar-refractivity contribution is 0.309. The molecule has 0 aliphatic rings. The first-order chi connectivity index (χ1) is 8.79. The van der Waals surface area contributed by atoms with Crippen LogP contribution in [-0.2, 0) is 6.54 Å². The first-order valence-electron chi connectivity index (χ1n) is 5.58. The standard InChI is InChI=1S/C11H14N4O2S/c12-2-1-4-17-9-6-11(16)15(14-7-9)8-10-13-3-5-18-10/h3,5-7H,1-2,4,8,12H2. The topological polar surface area (TPSA) is 83.0 Å². The van der Waals surface area contributed by atoms with Crippen molar-refractivity contribution in [1.82, 2.24) is 14.8 Å². The summed E-state index contributed by atoms with van der Waals surface area (Å²) in [5, 5.41) is 6.76. The number of rotatable bonds is 6. The van der Waals surface area contributed by atoms with Gasteiger partial charge in [-0.05, 0) is 13.0 Å². The smallest absolute Gasteiger partial charge is 0.270 e. The molecule has 0 saturated heterocycles. The van der Waals surface area contributed by atoms with E-state index in [-0.39, 0.29) is 5.56 Å². The van der Waals surface area contributed by atoms with E-state index < -0.39 is 0 Å². The van der Waals surface area contributed by atoms with Crippen molar-refractivity contribution in [3.63, 3.8) is 0 Å². The SMILES string of the molecule is NCCCOc1cnn(Cc2nccs2)c(=O)c1. The number of nitrogens with two attached hydrogens (primary N) is 1. The second-order valence-corrected chi connectivity index (χ2v) is 4.58. The molecule has 2 rings (SSSR count). The van der Waals surface area contributed by atoms with Gasteiger partial charge in [-0.15, -0.1) is 11.3 Å². The van der Waals surface area contributed by atoms with Gasteiger partial charge in [-0.3, -0.25) is 4.79 Å². The third-order valence-electron chi connectivity index (χ3n) is 2.23. The molecule has 2 heterocycles. The van der Waals surface area contributed by atoms with Crippen LogP contribution >= 0.6 is 11.3 Å². The normalized spacial score (nSPS) is 10.5. The van der Waals surface area contributed by atoms with E-state index in [1.165, 1.54) is 28.3 Å². The quantitative estimate of drug-likeness (QED) is 0.769. The van der Waals surface area contributed by atoms with Crippen LogP contribution in [0.3, 0.4) is 0 Å². The first kappa shape index (κ1) is 12.7. The highest BCUT2D eigenvalue weighted by molar-refractivity contribution is 7.09. The van der Waals surface area contributed by atoms with E-state index in [0.29, 0.717) is 25.4 Å². The van der Waals surface area contributed by atoms with Crippen molar-refractivity contribution >= 4 is 11.3 Å². The lowest BCUT2D eigenvalue weighted by atomic mass is 10.4. The van der Waals surface area contributed by atoms with E-state index in [4.69, 9.17) is 10.5 Å². The van der Waals surface area contributed by atoms with Gasteiger partial charge in [-0.25, -0.2) is 9.67 Å². The molecule has 0 aliphatic heterocycles. The summed E-state index contributed by atoms with van der Waals surface area (Å²) in [5.74, 6) is 0.476. The highest BCUT2D eigenvalue weighted by Crippen LogP contribution is 2.07. The van der Waals surface area contributed by atoms with E-state index >= 15 is 0 Å². The van der Waals surface area contributed by atoms with Crippen LogP contribution in [-0.4, -0.2) is 27.9 Å². The molecule has 18 heavy (non-hydrogen) atoms. The summed E-state index contributed by atoms with van der Waals surface area (Å²) in [4.78, 5) is 15.9. The Labute approximate surface area is 108 Å². The molecule has 0 atom stereocenters. The number of nitrogens with zero attached hydrogens (tertiary/aromatic N) is 3. The number of ether oxygens (including phenoxy) is 1. The summed E-state index contributed by atoms with van der Waals surface area (Å²) >= 11 is 1.49. The van der Waals surface area contributed by atoms with Gasteiger partial charge >= 0.3 is 0 Å². The van der Waals surface area contributed by atoms with Crippen LogP contribution in [0.5, 0.6) is 5.75 Å². The van der Waals surface area contributed by atoms with Gasteiger partial charge in [0.1, 0.15) is 10.8 Å². The lowest BCUT2D eigenvalue weighted by Crippen LogP contribution is -2.22. The van der Waals surface area contributed by atoms with Crippen LogP contribution in [0.2, 0.25) is 0 Å². The minimum absolute atomic E-state index is 0.199. The summed E-state index contributed by atoms with van der Waals surface area (Å²) in [5.41, 5.74) is 5.16. The lowest BCUT2D eigenvalue weighted by Gasteiger charge is -2.06. The molecular formula is C11H14N4O2S. The zero-order valence-electron chi connectivity index (χ0n) is 9.78. The Kier molecular flexibility index (Phi) is 4.43. The molecule has 0 bridgehead atoms. The molecule has 6 nitrogen and oxygen atoms in total. The maximum Gasteiger partial charge on any atom is 0.270 e. The van der Waals surface area contributed by atoms with Crippen LogP contribution in [0.4, 0.5) is 0 Å². The van der Waals surface area contributed by atoms with Gasteiger partial charge in [0.25, 0.3) is 5.56 Å². The number of hydrogen-bond acceptors (Lipinski definition) is 6. The molecule has 0 aromatic carbocycles. The molecular weight excluding hydrogens is 252 g/mol. The van der Waals surface area contributed by atoms with Gasteiger partial charge in [0.2, 0.25) is 0 Å². The Morgan fingerprint density at radius 1 is 1.50 bits per heavy atom. The molecule has 0 radical (unpaired) electrons. The van der Waals surface area contributed by atoms with Crippen molar-refractivity contribution in [3.05, 3.63) is 39.2 Å². The average Bonchev–Trinajstić information content (AvgIpc) is 2.86. The number of aromatic nitrogens is 3. The Morgan fingerprint density at radius 3 is 3.06 bits per heavy atom. The van der Waals surface area contributed by atoms with E-state index in [2.05, 4.69) is 10.1 Å². The average molecular weight is 266 g/mol. The summed E-state index contributed by atoms with van der Waals surface area (Å²) in [6.45, 7) is 1.45. The van der Waals surface area contributed by atoms with Crippen molar-refractivity contribution in [2.45, 2.75) is 13.0 Å². The molecule has 2 aromatic heterocycles. The molecule has 0 amide bonds. The summed E-state index contributed by atoms with van der Waals surface area (Å²) in [7, 11) is 0. The van der Waals surface area contributed by atoms with Crippen molar-refractivity contribution in [1.29, 1.82) is 0 Å². The molecule has 0 fully saturated rings. The summed E-state index contributed by atoms with van der Waals surface area (Å²) in [6, 6.07) is 1.43. The fourth-order valence-corrected chi connectivity index (χ4v) is 1.94. The van der Waals surface area contributed by atoms with Crippen molar-refractivity contribution in [2.24, 2.45) is 5.73 Å². The minimum Gasteiger partial charge on any atom is -0.492 e. The van der Waals surface area contributed by atoms with Gasteiger partial charge < -0.3 is 10.5 Å². The van der Waals surface area contributed by atoms with Gasteiger partial charge in [0.15, 0.2) is 0 Å². The highest BCUT2D eigenvalue weighted by atomic mass is 32.1. The second-order valence-electron chi connectivity index (χ2n) is 3.60. The molecule has 7 heteroatoms. The Hall–Kier alpha value is -1.73. The largest absolute Gasteiger partial charge is 0.492 e. The molecule has 2 N–H and O–H groups in total. The van der Waals surface area contributed by atoms with E-state index in [0.717, 1.165) is 11.4 Å². The van der Waals surface area contributed by atoms with E-state index in [1.807, 2.05) is 5.38 Å². The van der Waals surface area contributed by atoms with E-state index in [1.54, 1.807) is 6.20 Å². The van der Waals surface area contributed by atoms with Gasteiger partial charge in [-0.2, -0.15) is 5.10 Å². The maximum absolute atomic E-state index is 11.8. The summed E-state index contributed by atoms with van der Waals surface area (Å²) < 4.78 is 6.70. The Balaban J connectivity index is 2.03. The van der Waals surface area contributed by atoms with Crippen molar-refractivity contribution in [2.75, 3.05) is 13.2 Å². The fraction of sp³-hybridized carbons (Fsp3) is 0.364. The van der Waals surface area contributed by atoms with Crippen LogP contribution in [0, 0.1) is 0 Å². The zero-order chi connectivity index (χ0) is 12.8. The van der Waals surface area contributed by atoms with E-state index in [9.17, 15) is 4.79 Å². The predicted octanol–water partition coefficient (Wildman–Crippen LogP) is 0.476.